The van der Waals surface area contributed by atoms with Gasteiger partial charge in [-0.15, -0.1) is 0 Å². The first-order chi connectivity index (χ1) is 11.9. The summed E-state index contributed by atoms with van der Waals surface area (Å²) in [4.78, 5) is 16.5. The summed E-state index contributed by atoms with van der Waals surface area (Å²) >= 11 is 1.78. The van der Waals surface area contributed by atoms with Crippen LogP contribution in [-0.4, -0.2) is 43.6 Å². The summed E-state index contributed by atoms with van der Waals surface area (Å²) in [6.45, 7) is 2.73. The lowest BCUT2D eigenvalue weighted by molar-refractivity contribution is 0.0956. The first-order valence-electron chi connectivity index (χ1n) is 7.98. The average Bonchev–Trinajstić information content (AvgIpc) is 2.58. The first kappa shape index (κ1) is 19.5. The van der Waals surface area contributed by atoms with Crippen molar-refractivity contribution in [2.24, 2.45) is 0 Å². The number of pyridine rings is 1. The van der Waals surface area contributed by atoms with Crippen molar-refractivity contribution in [3.8, 4) is 11.3 Å². The number of benzene rings is 1. The van der Waals surface area contributed by atoms with Crippen molar-refractivity contribution in [1.82, 2.24) is 10.3 Å². The lowest BCUT2D eigenvalue weighted by Crippen LogP contribution is -2.25. The third-order valence-corrected chi connectivity index (χ3v) is 5.17. The van der Waals surface area contributed by atoms with Crippen LogP contribution in [0.4, 0.5) is 0 Å². The number of sulfone groups is 1. The van der Waals surface area contributed by atoms with Crippen LogP contribution in [0.1, 0.15) is 22.8 Å². The highest BCUT2D eigenvalue weighted by Crippen LogP contribution is 2.19. The molecule has 0 spiro atoms. The number of hydrogen-bond donors (Lipinski definition) is 1. The van der Waals surface area contributed by atoms with E-state index in [1.165, 1.54) is 6.26 Å². The molecule has 0 saturated carbocycles. The van der Waals surface area contributed by atoms with Gasteiger partial charge in [-0.1, -0.05) is 25.1 Å². The van der Waals surface area contributed by atoms with Crippen LogP contribution < -0.4 is 5.32 Å². The molecule has 0 unspecified atom stereocenters. The van der Waals surface area contributed by atoms with Crippen LogP contribution in [0.2, 0.25) is 0 Å². The monoisotopic (exact) mass is 378 g/mol. The molecule has 1 heterocycles. The molecule has 2 aromatic rings. The molecular weight excluding hydrogens is 356 g/mol. The summed E-state index contributed by atoms with van der Waals surface area (Å²) in [5.41, 5.74) is 2.75. The van der Waals surface area contributed by atoms with Crippen molar-refractivity contribution in [3.05, 3.63) is 53.7 Å². The molecule has 0 saturated heterocycles. The van der Waals surface area contributed by atoms with Crippen LogP contribution in [0.15, 0.2) is 42.6 Å². The van der Waals surface area contributed by atoms with E-state index in [0.717, 1.165) is 17.1 Å². The molecule has 1 aromatic carbocycles. The van der Waals surface area contributed by atoms with Gasteiger partial charge in [0.1, 0.15) is 0 Å². The van der Waals surface area contributed by atoms with Crippen LogP contribution in [0.5, 0.6) is 0 Å². The number of thioether (sulfide) groups is 1. The van der Waals surface area contributed by atoms with Crippen molar-refractivity contribution in [2.45, 2.75) is 12.7 Å². The molecule has 5 nitrogen and oxygen atoms in total. The minimum absolute atomic E-state index is 0.0293. The van der Waals surface area contributed by atoms with E-state index < -0.39 is 9.84 Å². The largest absolute Gasteiger partial charge is 0.351 e. The molecule has 134 valence electrons. The fraction of sp³-hybridized carbons (Fsp3) is 0.333. The van der Waals surface area contributed by atoms with Crippen LogP contribution >= 0.6 is 11.8 Å². The zero-order chi connectivity index (χ0) is 18.3. The van der Waals surface area contributed by atoms with Crippen molar-refractivity contribution < 1.29 is 13.2 Å². The Morgan fingerprint density at radius 2 is 2.04 bits per heavy atom. The minimum Gasteiger partial charge on any atom is -0.351 e. The van der Waals surface area contributed by atoms with E-state index in [2.05, 4.69) is 17.2 Å². The summed E-state index contributed by atoms with van der Waals surface area (Å²) in [6.07, 6.45) is 2.76. The molecule has 0 atom stereocenters. The Bertz CT molecular complexity index is 818. The Morgan fingerprint density at radius 1 is 1.24 bits per heavy atom. The molecule has 0 fully saturated rings. The van der Waals surface area contributed by atoms with Crippen molar-refractivity contribution in [2.75, 3.05) is 24.3 Å². The van der Waals surface area contributed by atoms with Gasteiger partial charge in [0.05, 0.1) is 11.4 Å². The molecule has 25 heavy (non-hydrogen) atoms. The topological polar surface area (TPSA) is 76.1 Å². The average molecular weight is 379 g/mol. The van der Waals surface area contributed by atoms with E-state index in [1.807, 2.05) is 12.1 Å². The number of aromatic nitrogens is 1. The Morgan fingerprint density at radius 3 is 2.68 bits per heavy atom. The van der Waals surface area contributed by atoms with Gasteiger partial charge in [0.2, 0.25) is 0 Å². The number of hydrogen-bond acceptors (Lipinski definition) is 5. The Labute approximate surface area is 153 Å². The molecule has 0 aliphatic rings. The molecule has 2 rings (SSSR count). The summed E-state index contributed by atoms with van der Waals surface area (Å²) < 4.78 is 22.7. The van der Waals surface area contributed by atoms with Crippen LogP contribution in [0.3, 0.4) is 0 Å². The summed E-state index contributed by atoms with van der Waals surface area (Å²) in [6, 6.07) is 10.8. The van der Waals surface area contributed by atoms with E-state index in [1.54, 1.807) is 42.2 Å². The molecular formula is C18H22N2O3S2. The van der Waals surface area contributed by atoms with Crippen molar-refractivity contribution in [3.63, 3.8) is 0 Å². The number of amides is 1. The lowest BCUT2D eigenvalue weighted by Gasteiger charge is -2.07. The fourth-order valence-electron chi connectivity index (χ4n) is 2.29. The van der Waals surface area contributed by atoms with E-state index in [-0.39, 0.29) is 11.7 Å². The van der Waals surface area contributed by atoms with E-state index in [9.17, 15) is 13.2 Å². The van der Waals surface area contributed by atoms with Gasteiger partial charge in [-0.05, 0) is 29.5 Å². The maximum atomic E-state index is 12.2. The van der Waals surface area contributed by atoms with Crippen LogP contribution in [0.25, 0.3) is 11.3 Å². The zero-order valence-corrected chi connectivity index (χ0v) is 16.0. The van der Waals surface area contributed by atoms with Crippen LogP contribution in [0, 0.1) is 0 Å². The van der Waals surface area contributed by atoms with Crippen molar-refractivity contribution >= 4 is 27.5 Å². The standard InChI is InChI=1S/C18H22N2O3S2/c1-3-24-10-9-19-18(21)16-6-4-5-15(11-16)17-8-7-14(12-20-17)13-25(2,22)23/h4-8,11-12H,3,9-10,13H2,1-2H3,(H,19,21). The number of carbonyl (C=O) groups is 1. The van der Waals surface area contributed by atoms with Gasteiger partial charge in [-0.2, -0.15) is 11.8 Å². The molecule has 1 N–H and O–H groups in total. The highest BCUT2D eigenvalue weighted by molar-refractivity contribution is 7.99. The summed E-state index contributed by atoms with van der Waals surface area (Å²) in [5, 5.41) is 2.90. The lowest BCUT2D eigenvalue weighted by atomic mass is 10.1. The normalized spacial score (nSPS) is 11.3. The Hall–Kier alpha value is -1.86. The predicted octanol–water partition coefficient (Wildman–Crippen LogP) is 2.78. The van der Waals surface area contributed by atoms with E-state index in [4.69, 9.17) is 0 Å². The SMILES string of the molecule is CCSCCNC(=O)c1cccc(-c2ccc(CS(C)(=O)=O)cn2)c1. The number of nitrogens with one attached hydrogen (secondary N) is 1. The second-order valence-corrected chi connectivity index (χ2v) is 9.19. The van der Waals surface area contributed by atoms with E-state index in [0.29, 0.717) is 23.4 Å². The zero-order valence-electron chi connectivity index (χ0n) is 14.4. The van der Waals surface area contributed by atoms with Gasteiger partial charge in [-0.3, -0.25) is 9.78 Å². The Kier molecular flexibility index (Phi) is 7.01. The third-order valence-electron chi connectivity index (χ3n) is 3.41. The molecule has 0 aliphatic carbocycles. The molecule has 0 bridgehead atoms. The van der Waals surface area contributed by atoms with Gasteiger partial charge >= 0.3 is 0 Å². The second-order valence-electron chi connectivity index (χ2n) is 5.66. The molecule has 0 radical (unpaired) electrons. The first-order valence-corrected chi connectivity index (χ1v) is 11.2. The number of carbonyl (C=O) groups excluding carboxylic acids is 1. The molecule has 0 aliphatic heterocycles. The highest BCUT2D eigenvalue weighted by Gasteiger charge is 2.09. The quantitative estimate of drug-likeness (QED) is 0.715. The van der Waals surface area contributed by atoms with Gasteiger partial charge < -0.3 is 5.32 Å². The summed E-state index contributed by atoms with van der Waals surface area (Å²) in [7, 11) is -3.08. The smallest absolute Gasteiger partial charge is 0.251 e. The van der Waals surface area contributed by atoms with Gasteiger partial charge in [0.25, 0.3) is 5.91 Å². The molecule has 1 aromatic heterocycles. The maximum Gasteiger partial charge on any atom is 0.251 e. The Balaban J connectivity index is 2.09. The minimum atomic E-state index is -3.08. The second kappa shape index (κ2) is 9.01. The predicted molar refractivity (Wildman–Crippen MR) is 104 cm³/mol. The van der Waals surface area contributed by atoms with Gasteiger partial charge in [0, 0.05) is 35.9 Å². The van der Waals surface area contributed by atoms with Crippen LogP contribution in [-0.2, 0) is 15.6 Å². The van der Waals surface area contributed by atoms with Gasteiger partial charge in [0.15, 0.2) is 9.84 Å². The molecule has 7 heteroatoms. The van der Waals surface area contributed by atoms with Crippen molar-refractivity contribution in [1.29, 1.82) is 0 Å². The highest BCUT2D eigenvalue weighted by atomic mass is 32.2. The number of nitrogens with zero attached hydrogens (tertiary/aromatic N) is 1. The number of rotatable bonds is 8. The third kappa shape index (κ3) is 6.51. The fourth-order valence-corrected chi connectivity index (χ4v) is 3.60. The molecule has 1 amide bonds. The van der Waals surface area contributed by atoms with Gasteiger partial charge in [-0.25, -0.2) is 8.42 Å². The van der Waals surface area contributed by atoms with E-state index >= 15 is 0 Å². The summed E-state index contributed by atoms with van der Waals surface area (Å²) in [5.74, 6) is 1.79. The maximum absolute atomic E-state index is 12.2.